The third-order valence-corrected chi connectivity index (χ3v) is 5.52. The van der Waals surface area contributed by atoms with Crippen molar-refractivity contribution in [2.24, 2.45) is 0 Å². The van der Waals surface area contributed by atoms with Crippen LogP contribution in [-0.2, 0) is 16.0 Å². The largest absolute Gasteiger partial charge is 0.394 e. The number of nitrogens with one attached hydrogen (secondary N) is 2. The Morgan fingerprint density at radius 2 is 1.97 bits per heavy atom. The van der Waals surface area contributed by atoms with Gasteiger partial charge in [0.05, 0.1) is 6.61 Å². The van der Waals surface area contributed by atoms with E-state index in [1.807, 2.05) is 42.5 Å². The van der Waals surface area contributed by atoms with Crippen molar-refractivity contribution < 1.29 is 24.5 Å². The standard InChI is InChI=1S/C22H23N3O7/c1-31-18-17(27)16(11-26)32-21(18)25-10-15(20(29)24-22(25)30)19(28)23-9-12-6-7-13-4-2-3-5-14(13)8-12/h2-8,10,16-18,21,26-27H,9,11H2,1H3,(H,23,28)(H,24,29,30)/t16-,17+,18-,21-/m1/s1. The second kappa shape index (κ2) is 9.05. The van der Waals surface area contributed by atoms with E-state index in [9.17, 15) is 24.6 Å². The third kappa shape index (κ3) is 4.08. The molecule has 0 spiro atoms. The van der Waals surface area contributed by atoms with Gasteiger partial charge >= 0.3 is 5.69 Å². The summed E-state index contributed by atoms with van der Waals surface area (Å²) >= 11 is 0. The summed E-state index contributed by atoms with van der Waals surface area (Å²) in [4.78, 5) is 39.4. The maximum atomic E-state index is 12.7. The van der Waals surface area contributed by atoms with Crippen LogP contribution in [-0.4, -0.2) is 57.7 Å². The smallest absolute Gasteiger partial charge is 0.330 e. The molecule has 4 atom stereocenters. The first kappa shape index (κ1) is 21.9. The van der Waals surface area contributed by atoms with E-state index in [2.05, 4.69) is 10.3 Å². The summed E-state index contributed by atoms with van der Waals surface area (Å²) in [6.07, 6.45) is -3.22. The lowest BCUT2D eigenvalue weighted by atomic mass is 10.1. The van der Waals surface area contributed by atoms with Crippen LogP contribution in [0.1, 0.15) is 22.1 Å². The van der Waals surface area contributed by atoms with Crippen molar-refractivity contribution in [1.82, 2.24) is 14.9 Å². The minimum absolute atomic E-state index is 0.175. The normalized spacial score (nSPS) is 22.8. The van der Waals surface area contributed by atoms with Crippen LogP contribution in [0.2, 0.25) is 0 Å². The molecule has 10 nitrogen and oxygen atoms in total. The Balaban J connectivity index is 1.57. The Labute approximate surface area is 182 Å². The molecule has 1 aliphatic rings. The number of ether oxygens (including phenoxy) is 2. The van der Waals surface area contributed by atoms with E-state index in [0.29, 0.717) is 0 Å². The van der Waals surface area contributed by atoms with Crippen molar-refractivity contribution in [1.29, 1.82) is 0 Å². The molecule has 4 rings (SSSR count). The van der Waals surface area contributed by atoms with Gasteiger partial charge in [0.15, 0.2) is 6.23 Å². The van der Waals surface area contributed by atoms with Gasteiger partial charge in [0.2, 0.25) is 0 Å². The lowest BCUT2D eigenvalue weighted by Gasteiger charge is -2.20. The van der Waals surface area contributed by atoms with Crippen LogP contribution in [0.5, 0.6) is 0 Å². The average Bonchev–Trinajstić information content (AvgIpc) is 3.12. The number of amides is 1. The van der Waals surface area contributed by atoms with Crippen LogP contribution >= 0.6 is 0 Å². The Hall–Kier alpha value is -3.31. The molecule has 1 saturated heterocycles. The highest BCUT2D eigenvalue weighted by Crippen LogP contribution is 2.30. The summed E-state index contributed by atoms with van der Waals surface area (Å²) in [5.41, 5.74) is -1.15. The van der Waals surface area contributed by atoms with Crippen LogP contribution in [0.25, 0.3) is 10.8 Å². The molecule has 3 aromatic rings. The zero-order chi connectivity index (χ0) is 22.8. The average molecular weight is 441 g/mol. The Kier molecular flexibility index (Phi) is 6.19. The minimum Gasteiger partial charge on any atom is -0.394 e. The number of H-pyrrole nitrogens is 1. The van der Waals surface area contributed by atoms with E-state index in [0.717, 1.165) is 27.1 Å². The number of nitrogens with zero attached hydrogens (tertiary/aromatic N) is 1. The highest BCUT2D eigenvalue weighted by Gasteiger charge is 2.45. The highest BCUT2D eigenvalue weighted by atomic mass is 16.6. The van der Waals surface area contributed by atoms with Gasteiger partial charge in [0, 0.05) is 19.9 Å². The number of benzene rings is 2. The number of rotatable bonds is 6. The first-order valence-corrected chi connectivity index (χ1v) is 10.0. The SMILES string of the molecule is CO[C@@H]1[C@@H](O)[C@@H](CO)O[C@H]1n1cc(C(=O)NCc2ccc3ccccc3c2)c(=O)[nH]c1=O. The van der Waals surface area contributed by atoms with Crippen LogP contribution in [0.15, 0.2) is 58.3 Å². The van der Waals surface area contributed by atoms with Crippen molar-refractivity contribution in [2.45, 2.75) is 31.1 Å². The highest BCUT2D eigenvalue weighted by molar-refractivity contribution is 5.93. The molecule has 0 unspecified atom stereocenters. The molecule has 1 amide bonds. The predicted octanol–water partition coefficient (Wildman–Crippen LogP) is -0.115. The molecule has 2 heterocycles. The van der Waals surface area contributed by atoms with E-state index in [1.165, 1.54) is 7.11 Å². The predicted molar refractivity (Wildman–Crippen MR) is 114 cm³/mol. The number of aromatic nitrogens is 2. The number of hydrogen-bond donors (Lipinski definition) is 4. The number of carbonyl (C=O) groups excluding carboxylic acids is 1. The lowest BCUT2D eigenvalue weighted by molar-refractivity contribution is -0.0626. The number of aliphatic hydroxyl groups excluding tert-OH is 2. The topological polar surface area (TPSA) is 143 Å². The molecule has 0 aliphatic carbocycles. The fraction of sp³-hybridized carbons (Fsp3) is 0.318. The molecular weight excluding hydrogens is 418 g/mol. The number of fused-ring (bicyclic) bond motifs is 1. The number of carbonyl (C=O) groups is 1. The molecule has 32 heavy (non-hydrogen) atoms. The first-order valence-electron chi connectivity index (χ1n) is 10.0. The van der Waals surface area contributed by atoms with Crippen molar-refractivity contribution in [3.63, 3.8) is 0 Å². The zero-order valence-electron chi connectivity index (χ0n) is 17.2. The van der Waals surface area contributed by atoms with Gasteiger partial charge in [-0.15, -0.1) is 0 Å². The molecule has 0 bridgehead atoms. The van der Waals surface area contributed by atoms with Gasteiger partial charge in [0.25, 0.3) is 11.5 Å². The first-order chi connectivity index (χ1) is 15.4. The van der Waals surface area contributed by atoms with Crippen molar-refractivity contribution in [3.8, 4) is 0 Å². The maximum absolute atomic E-state index is 12.7. The molecule has 4 N–H and O–H groups in total. The monoisotopic (exact) mass is 441 g/mol. The Morgan fingerprint density at radius 1 is 1.22 bits per heavy atom. The van der Waals surface area contributed by atoms with Gasteiger partial charge in [0.1, 0.15) is 23.9 Å². The van der Waals surface area contributed by atoms with E-state index in [-0.39, 0.29) is 12.1 Å². The van der Waals surface area contributed by atoms with E-state index < -0.39 is 48.3 Å². The molecule has 168 valence electrons. The summed E-state index contributed by atoms with van der Waals surface area (Å²) in [6.45, 7) is -0.317. The summed E-state index contributed by atoms with van der Waals surface area (Å²) in [5.74, 6) is -0.681. The summed E-state index contributed by atoms with van der Waals surface area (Å²) < 4.78 is 11.7. The Morgan fingerprint density at radius 3 is 2.69 bits per heavy atom. The molecule has 0 saturated carbocycles. The minimum atomic E-state index is -1.20. The fourth-order valence-electron chi connectivity index (χ4n) is 3.81. The second-order valence-corrected chi connectivity index (χ2v) is 7.51. The molecule has 1 aromatic heterocycles. The lowest BCUT2D eigenvalue weighted by Crippen LogP contribution is -2.41. The number of aliphatic hydroxyl groups is 2. The third-order valence-electron chi connectivity index (χ3n) is 5.52. The Bertz CT molecular complexity index is 1250. The number of methoxy groups -OCH3 is 1. The van der Waals surface area contributed by atoms with Crippen LogP contribution < -0.4 is 16.6 Å². The van der Waals surface area contributed by atoms with Gasteiger partial charge < -0.3 is 25.0 Å². The van der Waals surface area contributed by atoms with Gasteiger partial charge in [-0.25, -0.2) is 4.79 Å². The van der Waals surface area contributed by atoms with Gasteiger partial charge in [-0.05, 0) is 22.4 Å². The zero-order valence-corrected chi connectivity index (χ0v) is 17.2. The molecule has 10 heteroatoms. The van der Waals surface area contributed by atoms with Gasteiger partial charge in [-0.2, -0.15) is 0 Å². The molecule has 2 aromatic carbocycles. The fourth-order valence-corrected chi connectivity index (χ4v) is 3.81. The van der Waals surface area contributed by atoms with E-state index in [1.54, 1.807) is 0 Å². The van der Waals surface area contributed by atoms with Crippen LogP contribution in [0, 0.1) is 0 Å². The van der Waals surface area contributed by atoms with Crippen molar-refractivity contribution in [2.75, 3.05) is 13.7 Å². The summed E-state index contributed by atoms with van der Waals surface area (Å²) in [6, 6.07) is 13.6. The number of hydrogen-bond acceptors (Lipinski definition) is 7. The van der Waals surface area contributed by atoms with Crippen molar-refractivity contribution in [3.05, 3.63) is 80.6 Å². The van der Waals surface area contributed by atoms with Crippen molar-refractivity contribution >= 4 is 16.7 Å². The summed E-state index contributed by atoms with van der Waals surface area (Å²) in [5, 5.41) is 24.3. The van der Waals surface area contributed by atoms with Crippen LogP contribution in [0.4, 0.5) is 0 Å². The van der Waals surface area contributed by atoms with Gasteiger partial charge in [-0.3, -0.25) is 19.1 Å². The van der Waals surface area contributed by atoms with E-state index in [4.69, 9.17) is 9.47 Å². The second-order valence-electron chi connectivity index (χ2n) is 7.51. The molecule has 1 fully saturated rings. The molecule has 1 aliphatic heterocycles. The summed E-state index contributed by atoms with van der Waals surface area (Å²) in [7, 11) is 1.32. The quantitative estimate of drug-likeness (QED) is 0.418. The molecule has 0 radical (unpaired) electrons. The molecular formula is C22H23N3O7. The number of aromatic amines is 1. The van der Waals surface area contributed by atoms with E-state index >= 15 is 0 Å². The van der Waals surface area contributed by atoms with Crippen LogP contribution in [0.3, 0.4) is 0 Å². The maximum Gasteiger partial charge on any atom is 0.330 e. The van der Waals surface area contributed by atoms with Gasteiger partial charge in [-0.1, -0.05) is 36.4 Å².